The van der Waals surface area contributed by atoms with E-state index in [1.54, 1.807) is 0 Å². The Labute approximate surface area is 178 Å². The molecular formula is C18H11F10N5. The maximum absolute atomic E-state index is 14.5. The molecule has 1 aliphatic rings. The fourth-order valence-electron chi connectivity index (χ4n) is 3.27. The molecule has 1 aromatic heterocycles. The van der Waals surface area contributed by atoms with Gasteiger partial charge in [-0.15, -0.1) is 0 Å². The average molecular weight is 487 g/mol. The van der Waals surface area contributed by atoms with Crippen LogP contribution in [0.1, 0.15) is 23.2 Å². The fourth-order valence-corrected chi connectivity index (χ4v) is 3.27. The Morgan fingerprint density at radius 1 is 1.12 bits per heavy atom. The summed E-state index contributed by atoms with van der Waals surface area (Å²) in [5.41, 5.74) is -9.83. The van der Waals surface area contributed by atoms with Crippen molar-refractivity contribution in [3.63, 3.8) is 0 Å². The highest BCUT2D eigenvalue weighted by molar-refractivity contribution is 5.68. The number of hydrogen-bond acceptors (Lipinski definition) is 3. The molecule has 33 heavy (non-hydrogen) atoms. The number of alkyl halides is 8. The SMILES string of the molecule is CN(C)C=Nc1c(C2(C(F)(F)F)CC2(F)F)c(C#N)nn1-c1c(F)cc(C(F)(F)F)cc1F. The molecule has 0 radical (unpaired) electrons. The summed E-state index contributed by atoms with van der Waals surface area (Å²) in [6.07, 6.45) is -11.8. The third-order valence-corrected chi connectivity index (χ3v) is 4.83. The molecule has 0 saturated heterocycles. The zero-order valence-electron chi connectivity index (χ0n) is 16.5. The molecule has 1 saturated carbocycles. The molecule has 0 amide bonds. The summed E-state index contributed by atoms with van der Waals surface area (Å²) in [6, 6.07) is 0.854. The van der Waals surface area contributed by atoms with Crippen LogP contribution in [-0.4, -0.2) is 47.2 Å². The van der Waals surface area contributed by atoms with Gasteiger partial charge < -0.3 is 4.90 Å². The molecule has 2 aromatic rings. The largest absolute Gasteiger partial charge is 0.416 e. The van der Waals surface area contributed by atoms with Crippen molar-refractivity contribution in [3.8, 4) is 11.8 Å². The van der Waals surface area contributed by atoms with Gasteiger partial charge >= 0.3 is 12.4 Å². The maximum Gasteiger partial charge on any atom is 0.416 e. The van der Waals surface area contributed by atoms with Crippen LogP contribution in [0.3, 0.4) is 0 Å². The van der Waals surface area contributed by atoms with Crippen LogP contribution in [0.4, 0.5) is 49.7 Å². The molecule has 178 valence electrons. The van der Waals surface area contributed by atoms with Crippen LogP contribution in [0.5, 0.6) is 0 Å². The lowest BCUT2D eigenvalue weighted by molar-refractivity contribution is -0.182. The van der Waals surface area contributed by atoms with Crippen LogP contribution in [0, 0.1) is 23.0 Å². The van der Waals surface area contributed by atoms with E-state index < -0.39 is 70.1 Å². The first-order chi connectivity index (χ1) is 15.0. The summed E-state index contributed by atoms with van der Waals surface area (Å²) >= 11 is 0. The van der Waals surface area contributed by atoms with Gasteiger partial charge in [0.25, 0.3) is 5.92 Å². The fraction of sp³-hybridized carbons (Fsp3) is 0.389. The number of aliphatic imine (C=N–C) groups is 1. The Bertz CT molecular complexity index is 1150. The number of rotatable bonds is 4. The van der Waals surface area contributed by atoms with E-state index in [0.717, 1.165) is 11.2 Å². The maximum atomic E-state index is 14.5. The quantitative estimate of drug-likeness (QED) is 0.343. The minimum atomic E-state index is -5.63. The van der Waals surface area contributed by atoms with E-state index in [4.69, 9.17) is 0 Å². The molecule has 15 heteroatoms. The molecule has 0 aliphatic heterocycles. The first kappa shape index (κ1) is 24.3. The van der Waals surface area contributed by atoms with Gasteiger partial charge in [0.2, 0.25) is 0 Å². The van der Waals surface area contributed by atoms with Crippen LogP contribution >= 0.6 is 0 Å². The summed E-state index contributed by atoms with van der Waals surface area (Å²) in [7, 11) is 2.64. The highest BCUT2D eigenvalue weighted by Gasteiger charge is 2.86. The second-order valence-corrected chi connectivity index (χ2v) is 7.35. The molecule has 1 unspecified atom stereocenters. The number of nitrogens with zero attached hydrogens (tertiary/aromatic N) is 5. The first-order valence-corrected chi connectivity index (χ1v) is 8.73. The van der Waals surface area contributed by atoms with Gasteiger partial charge in [0, 0.05) is 20.5 Å². The average Bonchev–Trinajstić information content (AvgIpc) is 3.07. The molecule has 5 nitrogen and oxygen atoms in total. The molecule has 0 N–H and O–H groups in total. The van der Waals surface area contributed by atoms with Crippen LogP contribution in [-0.2, 0) is 11.6 Å². The minimum Gasteiger partial charge on any atom is -0.369 e. The molecule has 1 heterocycles. The molecule has 1 atom stereocenters. The van der Waals surface area contributed by atoms with Gasteiger partial charge in [-0.25, -0.2) is 27.2 Å². The van der Waals surface area contributed by atoms with Crippen molar-refractivity contribution in [3.05, 3.63) is 40.6 Å². The lowest BCUT2D eigenvalue weighted by Crippen LogP contribution is -2.35. The summed E-state index contributed by atoms with van der Waals surface area (Å²) in [5.74, 6) is -9.44. The van der Waals surface area contributed by atoms with E-state index in [0.29, 0.717) is 0 Å². The van der Waals surface area contributed by atoms with Gasteiger partial charge in [-0.05, 0) is 12.1 Å². The Morgan fingerprint density at radius 3 is 2.00 bits per heavy atom. The number of hydrogen-bond donors (Lipinski definition) is 0. The zero-order valence-corrected chi connectivity index (χ0v) is 16.5. The van der Waals surface area contributed by atoms with Gasteiger partial charge in [-0.1, -0.05) is 0 Å². The number of benzene rings is 1. The predicted molar refractivity (Wildman–Crippen MR) is 92.3 cm³/mol. The third kappa shape index (κ3) is 3.76. The second kappa shape index (κ2) is 7.35. The number of aromatic nitrogens is 2. The monoisotopic (exact) mass is 487 g/mol. The van der Waals surface area contributed by atoms with Crippen molar-refractivity contribution in [1.82, 2.24) is 14.7 Å². The van der Waals surface area contributed by atoms with E-state index in [1.165, 1.54) is 20.2 Å². The topological polar surface area (TPSA) is 57.2 Å². The number of halogens is 10. The third-order valence-electron chi connectivity index (χ3n) is 4.83. The molecule has 1 fully saturated rings. The van der Waals surface area contributed by atoms with Crippen molar-refractivity contribution in [2.45, 2.75) is 30.1 Å². The van der Waals surface area contributed by atoms with Crippen molar-refractivity contribution < 1.29 is 43.9 Å². The second-order valence-electron chi connectivity index (χ2n) is 7.35. The van der Waals surface area contributed by atoms with Gasteiger partial charge in [0.1, 0.15) is 11.8 Å². The Hall–Kier alpha value is -3.31. The van der Waals surface area contributed by atoms with Crippen LogP contribution in [0.2, 0.25) is 0 Å². The van der Waals surface area contributed by atoms with E-state index in [-0.39, 0.29) is 16.8 Å². The Balaban J connectivity index is 2.41. The van der Waals surface area contributed by atoms with E-state index in [9.17, 15) is 49.2 Å². The highest BCUT2D eigenvalue weighted by Crippen LogP contribution is 2.70. The molecule has 0 bridgehead atoms. The summed E-state index contributed by atoms with van der Waals surface area (Å²) in [6.45, 7) is 0. The molecule has 1 aromatic carbocycles. The lowest BCUT2D eigenvalue weighted by Gasteiger charge is -2.20. The van der Waals surface area contributed by atoms with Gasteiger partial charge in [0.15, 0.2) is 28.6 Å². The van der Waals surface area contributed by atoms with Crippen LogP contribution in [0.15, 0.2) is 17.1 Å². The normalized spacial score (nSPS) is 20.2. The minimum absolute atomic E-state index is 0.0272. The molecule has 0 spiro atoms. The van der Waals surface area contributed by atoms with E-state index in [2.05, 4.69) is 10.1 Å². The van der Waals surface area contributed by atoms with Crippen LogP contribution in [0.25, 0.3) is 5.69 Å². The number of nitriles is 1. The van der Waals surface area contributed by atoms with Gasteiger partial charge in [-0.2, -0.15) is 36.7 Å². The lowest BCUT2D eigenvalue weighted by atomic mass is 9.94. The Morgan fingerprint density at radius 2 is 1.64 bits per heavy atom. The van der Waals surface area contributed by atoms with E-state index >= 15 is 0 Å². The van der Waals surface area contributed by atoms with Crippen molar-refractivity contribution in [2.75, 3.05) is 14.1 Å². The Kier molecular flexibility index (Phi) is 5.42. The predicted octanol–water partition coefficient (Wildman–Crippen LogP) is 5.10. The molecule has 3 rings (SSSR count). The summed E-state index contributed by atoms with van der Waals surface area (Å²) in [4.78, 5) is 4.67. The molecular weight excluding hydrogens is 476 g/mol. The van der Waals surface area contributed by atoms with Gasteiger partial charge in [0.05, 0.1) is 17.5 Å². The first-order valence-electron chi connectivity index (χ1n) is 8.73. The molecule has 1 aliphatic carbocycles. The van der Waals surface area contributed by atoms with Crippen LogP contribution < -0.4 is 0 Å². The summed E-state index contributed by atoms with van der Waals surface area (Å²) in [5, 5.41) is 12.6. The highest BCUT2D eigenvalue weighted by atomic mass is 19.4. The smallest absolute Gasteiger partial charge is 0.369 e. The van der Waals surface area contributed by atoms with Gasteiger partial charge in [-0.3, -0.25) is 0 Å². The van der Waals surface area contributed by atoms with E-state index in [1.807, 2.05) is 0 Å². The zero-order chi connectivity index (χ0) is 25.1. The standard InChI is InChI=1S/C18H11F10N5/c1-32(2)7-30-14-12(15(18(26,27)28)6-16(15,21)22)11(5-29)31-33(14)13-9(19)3-8(4-10(13)20)17(23,24)25/h3-4,7H,6H2,1-2H3. The van der Waals surface area contributed by atoms with Crippen molar-refractivity contribution in [2.24, 2.45) is 4.99 Å². The summed E-state index contributed by atoms with van der Waals surface area (Å²) < 4.78 is 137. The van der Waals surface area contributed by atoms with Crippen molar-refractivity contribution in [1.29, 1.82) is 5.26 Å². The van der Waals surface area contributed by atoms with Crippen molar-refractivity contribution >= 4 is 12.2 Å².